The maximum Gasteiger partial charge on any atom is 0.414 e. The fraction of sp³-hybridized carbons (Fsp3) is 0.364. The van der Waals surface area contributed by atoms with E-state index in [1.165, 1.54) is 6.92 Å². The van der Waals surface area contributed by atoms with Gasteiger partial charge in [0.2, 0.25) is 5.91 Å². The van der Waals surface area contributed by atoms with Crippen LogP contribution in [0.4, 0.5) is 16.2 Å². The number of ether oxygens (including phenoxy) is 1. The SMILES string of the molecule is CC(=O)N1c2ccc(-c3ccc(S(C)(=O)=O)cc3)cc2N(C(=O)OC(C)C)C[C@H]1C. The highest BCUT2D eigenvalue weighted by atomic mass is 32.2. The molecule has 160 valence electrons. The summed E-state index contributed by atoms with van der Waals surface area (Å²) >= 11 is 0. The van der Waals surface area contributed by atoms with Crippen molar-refractivity contribution < 1.29 is 22.7 Å². The molecule has 0 aromatic heterocycles. The minimum atomic E-state index is -3.28. The van der Waals surface area contributed by atoms with Crippen LogP contribution in [0.2, 0.25) is 0 Å². The molecule has 8 heteroatoms. The van der Waals surface area contributed by atoms with Gasteiger partial charge in [-0.2, -0.15) is 0 Å². The number of hydrogen-bond donors (Lipinski definition) is 0. The molecular formula is C22H26N2O5S. The van der Waals surface area contributed by atoms with E-state index < -0.39 is 15.9 Å². The number of anilines is 2. The van der Waals surface area contributed by atoms with Crippen molar-refractivity contribution in [3.8, 4) is 11.1 Å². The normalized spacial score (nSPS) is 16.4. The smallest absolute Gasteiger partial charge is 0.414 e. The molecular weight excluding hydrogens is 404 g/mol. The van der Waals surface area contributed by atoms with Crippen LogP contribution in [0, 0.1) is 0 Å². The Bertz CT molecular complexity index is 1080. The van der Waals surface area contributed by atoms with Crippen LogP contribution in [-0.4, -0.2) is 45.4 Å². The van der Waals surface area contributed by atoms with Crippen LogP contribution in [0.1, 0.15) is 27.7 Å². The summed E-state index contributed by atoms with van der Waals surface area (Å²) in [5.74, 6) is -0.106. The molecule has 1 aliphatic rings. The Morgan fingerprint density at radius 2 is 1.63 bits per heavy atom. The van der Waals surface area contributed by atoms with Gasteiger partial charge in [0, 0.05) is 19.7 Å². The van der Waals surface area contributed by atoms with E-state index in [9.17, 15) is 18.0 Å². The van der Waals surface area contributed by atoms with Crippen molar-refractivity contribution in [1.29, 1.82) is 0 Å². The van der Waals surface area contributed by atoms with E-state index in [2.05, 4.69) is 0 Å². The van der Waals surface area contributed by atoms with Gasteiger partial charge < -0.3 is 9.64 Å². The number of sulfone groups is 1. The zero-order valence-electron chi connectivity index (χ0n) is 17.7. The molecule has 2 aromatic rings. The zero-order chi connectivity index (χ0) is 22.2. The van der Waals surface area contributed by atoms with Gasteiger partial charge in [0.05, 0.1) is 28.4 Å². The number of rotatable bonds is 3. The molecule has 0 aliphatic carbocycles. The molecule has 0 unspecified atom stereocenters. The van der Waals surface area contributed by atoms with Gasteiger partial charge in [-0.25, -0.2) is 13.2 Å². The van der Waals surface area contributed by atoms with Gasteiger partial charge >= 0.3 is 6.09 Å². The third kappa shape index (κ3) is 4.33. The number of carbonyl (C=O) groups excluding carboxylic acids is 2. The third-order valence-electron chi connectivity index (χ3n) is 4.93. The number of fused-ring (bicyclic) bond motifs is 1. The highest BCUT2D eigenvalue weighted by Gasteiger charge is 2.34. The first-order chi connectivity index (χ1) is 14.0. The second-order valence-corrected chi connectivity index (χ2v) is 9.80. The molecule has 1 atom stereocenters. The summed E-state index contributed by atoms with van der Waals surface area (Å²) in [5, 5.41) is 0. The van der Waals surface area contributed by atoms with Crippen LogP contribution in [0.5, 0.6) is 0 Å². The summed E-state index contributed by atoms with van der Waals surface area (Å²) in [6, 6.07) is 11.9. The first-order valence-corrected chi connectivity index (χ1v) is 11.6. The highest BCUT2D eigenvalue weighted by Crippen LogP contribution is 2.39. The van der Waals surface area contributed by atoms with Gasteiger partial charge in [0.25, 0.3) is 0 Å². The summed E-state index contributed by atoms with van der Waals surface area (Å²) in [4.78, 5) is 28.4. The number of benzene rings is 2. The Labute approximate surface area is 177 Å². The van der Waals surface area contributed by atoms with E-state index in [0.717, 1.165) is 17.4 Å². The van der Waals surface area contributed by atoms with Gasteiger partial charge in [-0.05, 0) is 56.2 Å². The van der Waals surface area contributed by atoms with E-state index in [-0.39, 0.29) is 22.9 Å². The number of carbonyl (C=O) groups is 2. The number of hydrogen-bond acceptors (Lipinski definition) is 5. The van der Waals surface area contributed by atoms with Gasteiger partial charge in [-0.15, -0.1) is 0 Å². The van der Waals surface area contributed by atoms with Crippen molar-refractivity contribution in [2.24, 2.45) is 0 Å². The topological polar surface area (TPSA) is 84.0 Å². The lowest BCUT2D eigenvalue weighted by atomic mass is 10.0. The molecule has 1 aliphatic heterocycles. The number of amides is 2. The average Bonchev–Trinajstić information content (AvgIpc) is 2.65. The van der Waals surface area contributed by atoms with Crippen molar-refractivity contribution in [1.82, 2.24) is 0 Å². The minimum absolute atomic E-state index is 0.106. The zero-order valence-corrected chi connectivity index (χ0v) is 18.6. The molecule has 1 heterocycles. The predicted molar refractivity (Wildman–Crippen MR) is 117 cm³/mol. The second-order valence-electron chi connectivity index (χ2n) is 7.78. The summed E-state index contributed by atoms with van der Waals surface area (Å²) in [5.41, 5.74) is 2.82. The lowest BCUT2D eigenvalue weighted by molar-refractivity contribution is -0.117. The third-order valence-corrected chi connectivity index (χ3v) is 6.05. The Hall–Kier alpha value is -2.87. The molecule has 2 aromatic carbocycles. The van der Waals surface area contributed by atoms with Crippen molar-refractivity contribution >= 4 is 33.2 Å². The van der Waals surface area contributed by atoms with Crippen molar-refractivity contribution in [3.63, 3.8) is 0 Å². The minimum Gasteiger partial charge on any atom is -0.446 e. The average molecular weight is 431 g/mol. The largest absolute Gasteiger partial charge is 0.446 e. The Kier molecular flexibility index (Phi) is 5.90. The summed E-state index contributed by atoms with van der Waals surface area (Å²) in [6.45, 7) is 7.27. The second kappa shape index (κ2) is 8.10. The Morgan fingerprint density at radius 3 is 2.17 bits per heavy atom. The lowest BCUT2D eigenvalue weighted by Crippen LogP contribution is -2.51. The molecule has 30 heavy (non-hydrogen) atoms. The van der Waals surface area contributed by atoms with E-state index in [0.29, 0.717) is 17.9 Å². The van der Waals surface area contributed by atoms with E-state index in [1.807, 2.05) is 25.1 Å². The highest BCUT2D eigenvalue weighted by molar-refractivity contribution is 7.90. The molecule has 0 N–H and O–H groups in total. The van der Waals surface area contributed by atoms with Crippen molar-refractivity contribution in [2.75, 3.05) is 22.6 Å². The molecule has 7 nitrogen and oxygen atoms in total. The maximum absolute atomic E-state index is 12.7. The first-order valence-electron chi connectivity index (χ1n) is 9.71. The van der Waals surface area contributed by atoms with Gasteiger partial charge in [0.15, 0.2) is 9.84 Å². The van der Waals surface area contributed by atoms with Crippen LogP contribution >= 0.6 is 0 Å². The molecule has 0 radical (unpaired) electrons. The molecule has 3 rings (SSSR count). The van der Waals surface area contributed by atoms with E-state index in [4.69, 9.17) is 4.74 Å². The van der Waals surface area contributed by atoms with Crippen molar-refractivity contribution in [2.45, 2.75) is 44.7 Å². The van der Waals surface area contributed by atoms with Crippen LogP contribution in [0.15, 0.2) is 47.4 Å². The summed E-state index contributed by atoms with van der Waals surface area (Å²) in [6.07, 6.45) is 0.427. The van der Waals surface area contributed by atoms with Crippen LogP contribution in [0.25, 0.3) is 11.1 Å². The lowest BCUT2D eigenvalue weighted by Gasteiger charge is -2.40. The van der Waals surface area contributed by atoms with Gasteiger partial charge in [0.1, 0.15) is 0 Å². The number of nitrogens with zero attached hydrogens (tertiary/aromatic N) is 2. The molecule has 0 saturated heterocycles. The quantitative estimate of drug-likeness (QED) is 0.738. The fourth-order valence-electron chi connectivity index (χ4n) is 3.62. The summed E-state index contributed by atoms with van der Waals surface area (Å²) in [7, 11) is -3.28. The molecule has 0 fully saturated rings. The van der Waals surface area contributed by atoms with Crippen molar-refractivity contribution in [3.05, 3.63) is 42.5 Å². The first kappa shape index (κ1) is 21.8. The predicted octanol–water partition coefficient (Wildman–Crippen LogP) is 3.86. The Balaban J connectivity index is 2.08. The van der Waals surface area contributed by atoms with Crippen LogP contribution in [0.3, 0.4) is 0 Å². The maximum atomic E-state index is 12.7. The Morgan fingerprint density at radius 1 is 1.03 bits per heavy atom. The molecule has 0 bridgehead atoms. The molecule has 2 amide bonds. The molecule has 0 spiro atoms. The van der Waals surface area contributed by atoms with Crippen LogP contribution < -0.4 is 9.80 Å². The van der Waals surface area contributed by atoms with Gasteiger partial charge in [-0.3, -0.25) is 9.69 Å². The standard InChI is InChI=1S/C22H26N2O5S/c1-14(2)29-22(26)23-13-15(3)24(16(4)25)20-11-8-18(12-21(20)23)17-6-9-19(10-7-17)30(5,27)28/h6-12,14-15H,13H2,1-5H3/t15-/m1/s1. The monoisotopic (exact) mass is 430 g/mol. The molecule has 0 saturated carbocycles. The fourth-order valence-corrected chi connectivity index (χ4v) is 4.25. The summed E-state index contributed by atoms with van der Waals surface area (Å²) < 4.78 is 28.8. The van der Waals surface area contributed by atoms with Crippen LogP contribution in [-0.2, 0) is 19.4 Å². The van der Waals surface area contributed by atoms with E-state index >= 15 is 0 Å². The van der Waals surface area contributed by atoms with Gasteiger partial charge in [-0.1, -0.05) is 18.2 Å². The van der Waals surface area contributed by atoms with E-state index in [1.54, 1.807) is 47.9 Å².